The van der Waals surface area contributed by atoms with E-state index in [1.54, 1.807) is 47.4 Å². The fourth-order valence-corrected chi connectivity index (χ4v) is 3.17. The molecule has 2 amide bonds. The fraction of sp³-hybridized carbons (Fsp3) is 0.333. The molecule has 0 atom stereocenters. The van der Waals surface area contributed by atoms with Gasteiger partial charge in [-0.15, -0.1) is 0 Å². The summed E-state index contributed by atoms with van der Waals surface area (Å²) in [6.45, 7) is 6.30. The Kier molecular flexibility index (Phi) is 7.62. The Morgan fingerprint density at radius 1 is 1.21 bits per heavy atom. The van der Waals surface area contributed by atoms with E-state index in [0.29, 0.717) is 17.8 Å². The van der Waals surface area contributed by atoms with Gasteiger partial charge in [0.15, 0.2) is 0 Å². The molecule has 7 nitrogen and oxygen atoms in total. The minimum Gasteiger partial charge on any atom is -0.382 e. The predicted molar refractivity (Wildman–Crippen MR) is 112 cm³/mol. The van der Waals surface area contributed by atoms with Crippen LogP contribution in [-0.4, -0.2) is 31.6 Å². The lowest BCUT2D eigenvalue weighted by Crippen LogP contribution is -2.37. The molecule has 0 aliphatic heterocycles. The summed E-state index contributed by atoms with van der Waals surface area (Å²) in [7, 11) is -3.62. The van der Waals surface area contributed by atoms with Crippen LogP contribution in [0.3, 0.4) is 0 Å². The quantitative estimate of drug-likeness (QED) is 0.658. The van der Waals surface area contributed by atoms with E-state index in [0.717, 1.165) is 5.56 Å². The largest absolute Gasteiger partial charge is 0.382 e. The molecule has 2 aromatic rings. The fourth-order valence-electron chi connectivity index (χ4n) is 2.65. The number of nitrogens with zero attached hydrogens (tertiary/aromatic N) is 2. The number of nitriles is 1. The van der Waals surface area contributed by atoms with E-state index < -0.39 is 10.1 Å². The summed E-state index contributed by atoms with van der Waals surface area (Å²) in [4.78, 5) is 14.5. The number of benzene rings is 2. The van der Waals surface area contributed by atoms with Crippen molar-refractivity contribution in [3.8, 4) is 11.8 Å². The molecule has 29 heavy (non-hydrogen) atoms. The Morgan fingerprint density at radius 2 is 1.93 bits per heavy atom. The van der Waals surface area contributed by atoms with Crippen molar-refractivity contribution >= 4 is 21.8 Å². The SMILES string of the molecule is CCS(=O)(=O)Oc1cccc(CN(CC(C)C)C(=O)Nc2cccc(C#N)c2)c1. The number of urea groups is 1. The summed E-state index contributed by atoms with van der Waals surface area (Å²) >= 11 is 0. The third-order valence-electron chi connectivity index (χ3n) is 3.96. The molecule has 2 aromatic carbocycles. The zero-order valence-electron chi connectivity index (χ0n) is 16.8. The van der Waals surface area contributed by atoms with E-state index in [1.165, 1.54) is 6.92 Å². The highest BCUT2D eigenvalue weighted by Gasteiger charge is 2.17. The Morgan fingerprint density at radius 3 is 2.59 bits per heavy atom. The molecule has 0 fully saturated rings. The Hall–Kier alpha value is -3.05. The van der Waals surface area contributed by atoms with Gasteiger partial charge < -0.3 is 14.4 Å². The molecule has 1 N–H and O–H groups in total. The van der Waals surface area contributed by atoms with Crippen LogP contribution in [0.25, 0.3) is 0 Å². The third kappa shape index (κ3) is 7.12. The van der Waals surface area contributed by atoms with Gasteiger partial charge in [-0.2, -0.15) is 13.7 Å². The van der Waals surface area contributed by atoms with Crippen molar-refractivity contribution in [1.29, 1.82) is 5.26 Å². The lowest BCUT2D eigenvalue weighted by Gasteiger charge is -2.25. The standard InChI is InChI=1S/C21H25N3O4S/c1-4-29(26,27)28-20-10-6-8-18(12-20)15-24(14-16(2)3)21(25)23-19-9-5-7-17(11-19)13-22/h5-12,16H,4,14-15H2,1-3H3,(H,23,25). The first-order valence-corrected chi connectivity index (χ1v) is 10.9. The topological polar surface area (TPSA) is 99.5 Å². The van der Waals surface area contributed by atoms with Gasteiger partial charge in [0.05, 0.1) is 17.4 Å². The highest BCUT2D eigenvalue weighted by molar-refractivity contribution is 7.87. The van der Waals surface area contributed by atoms with Gasteiger partial charge in [0.25, 0.3) is 0 Å². The number of nitrogens with one attached hydrogen (secondary N) is 1. The minimum absolute atomic E-state index is 0.124. The molecular formula is C21H25N3O4S. The summed E-state index contributed by atoms with van der Waals surface area (Å²) < 4.78 is 28.4. The second kappa shape index (κ2) is 9.94. The van der Waals surface area contributed by atoms with Crippen molar-refractivity contribution in [1.82, 2.24) is 4.90 Å². The van der Waals surface area contributed by atoms with Gasteiger partial charge in [-0.3, -0.25) is 0 Å². The molecule has 0 aliphatic carbocycles. The molecule has 0 saturated heterocycles. The van der Waals surface area contributed by atoms with Gasteiger partial charge in [0, 0.05) is 18.8 Å². The minimum atomic E-state index is -3.62. The van der Waals surface area contributed by atoms with Crippen LogP contribution in [0.4, 0.5) is 10.5 Å². The van der Waals surface area contributed by atoms with Crippen LogP contribution in [0, 0.1) is 17.2 Å². The number of hydrogen-bond acceptors (Lipinski definition) is 5. The van der Waals surface area contributed by atoms with E-state index in [2.05, 4.69) is 5.32 Å². The second-order valence-electron chi connectivity index (χ2n) is 6.97. The molecule has 0 spiro atoms. The summed E-state index contributed by atoms with van der Waals surface area (Å²) in [6, 6.07) is 15.1. The van der Waals surface area contributed by atoms with Crippen LogP contribution in [0.1, 0.15) is 31.9 Å². The summed E-state index contributed by atoms with van der Waals surface area (Å²) in [5.41, 5.74) is 1.74. The van der Waals surface area contributed by atoms with Gasteiger partial charge in [0.1, 0.15) is 5.75 Å². The number of carbonyl (C=O) groups excluding carboxylic acids is 1. The molecule has 0 aromatic heterocycles. The molecule has 0 unspecified atom stereocenters. The average molecular weight is 416 g/mol. The van der Waals surface area contributed by atoms with E-state index in [-0.39, 0.29) is 30.0 Å². The van der Waals surface area contributed by atoms with Crippen molar-refractivity contribution < 1.29 is 17.4 Å². The van der Waals surface area contributed by atoms with Crippen LogP contribution in [-0.2, 0) is 16.7 Å². The Balaban J connectivity index is 2.18. The van der Waals surface area contributed by atoms with Gasteiger partial charge in [-0.05, 0) is 48.7 Å². The van der Waals surface area contributed by atoms with E-state index in [9.17, 15) is 13.2 Å². The molecule has 0 aliphatic rings. The number of hydrogen-bond donors (Lipinski definition) is 1. The first kappa shape index (κ1) is 22.2. The maximum absolute atomic E-state index is 12.8. The third-order valence-corrected chi connectivity index (χ3v) is 5.12. The van der Waals surface area contributed by atoms with Crippen LogP contribution < -0.4 is 9.50 Å². The van der Waals surface area contributed by atoms with E-state index in [4.69, 9.17) is 9.44 Å². The molecule has 0 bridgehead atoms. The van der Waals surface area contributed by atoms with Crippen molar-refractivity contribution in [2.24, 2.45) is 5.92 Å². The van der Waals surface area contributed by atoms with Gasteiger partial charge in [0.2, 0.25) is 0 Å². The van der Waals surface area contributed by atoms with Crippen molar-refractivity contribution in [2.75, 3.05) is 17.6 Å². The molecule has 8 heteroatoms. The van der Waals surface area contributed by atoms with Crippen molar-refractivity contribution in [2.45, 2.75) is 27.3 Å². The maximum Gasteiger partial charge on any atom is 0.322 e. The highest BCUT2D eigenvalue weighted by atomic mass is 32.2. The summed E-state index contributed by atoms with van der Waals surface area (Å²) in [5.74, 6) is 0.322. The normalized spacial score (nSPS) is 11.0. The number of anilines is 1. The zero-order chi connectivity index (χ0) is 21.4. The molecule has 154 valence electrons. The first-order valence-electron chi connectivity index (χ1n) is 9.29. The van der Waals surface area contributed by atoms with Gasteiger partial charge >= 0.3 is 16.1 Å². The van der Waals surface area contributed by atoms with Crippen LogP contribution >= 0.6 is 0 Å². The van der Waals surface area contributed by atoms with E-state index >= 15 is 0 Å². The van der Waals surface area contributed by atoms with Crippen LogP contribution in [0.15, 0.2) is 48.5 Å². The number of amides is 2. The number of carbonyl (C=O) groups is 1. The van der Waals surface area contributed by atoms with Crippen molar-refractivity contribution in [3.05, 3.63) is 59.7 Å². The monoisotopic (exact) mass is 415 g/mol. The molecule has 0 saturated carbocycles. The smallest absolute Gasteiger partial charge is 0.322 e. The van der Waals surface area contributed by atoms with Crippen LogP contribution in [0.5, 0.6) is 5.75 Å². The van der Waals surface area contributed by atoms with Crippen molar-refractivity contribution in [3.63, 3.8) is 0 Å². The second-order valence-corrected chi connectivity index (χ2v) is 8.83. The maximum atomic E-state index is 12.8. The Labute approximate surface area is 172 Å². The van der Waals surface area contributed by atoms with Gasteiger partial charge in [-0.1, -0.05) is 32.0 Å². The highest BCUT2D eigenvalue weighted by Crippen LogP contribution is 2.19. The molecule has 2 rings (SSSR count). The van der Waals surface area contributed by atoms with Gasteiger partial charge in [-0.25, -0.2) is 4.79 Å². The van der Waals surface area contributed by atoms with E-state index in [1.807, 2.05) is 26.0 Å². The lowest BCUT2D eigenvalue weighted by atomic mass is 10.1. The number of rotatable bonds is 8. The average Bonchev–Trinajstić information content (AvgIpc) is 2.67. The molecular weight excluding hydrogens is 390 g/mol. The molecule has 0 radical (unpaired) electrons. The molecule has 0 heterocycles. The van der Waals surface area contributed by atoms with Crippen LogP contribution in [0.2, 0.25) is 0 Å². The summed E-state index contributed by atoms with van der Waals surface area (Å²) in [5, 5.41) is 11.8. The summed E-state index contributed by atoms with van der Waals surface area (Å²) in [6.07, 6.45) is 0. The lowest BCUT2D eigenvalue weighted by molar-refractivity contribution is 0.201. The first-order chi connectivity index (χ1) is 13.7. The Bertz CT molecular complexity index is 997. The zero-order valence-corrected chi connectivity index (χ0v) is 17.6. The predicted octanol–water partition coefficient (Wildman–Crippen LogP) is 3.98.